The Kier molecular flexibility index (Phi) is 3.59. The number of carbonyl (C=O) groups excluding carboxylic acids is 1. The van der Waals surface area contributed by atoms with Crippen LogP contribution in [0, 0.1) is 13.8 Å². The van der Waals surface area contributed by atoms with E-state index >= 15 is 0 Å². The lowest BCUT2D eigenvalue weighted by Gasteiger charge is -2.07. The average molecular weight is 285 g/mol. The maximum absolute atomic E-state index is 12.1. The Labute approximate surface area is 114 Å². The van der Waals surface area contributed by atoms with E-state index in [4.69, 9.17) is 27.7 Å². The molecule has 1 aromatic heterocycles. The summed E-state index contributed by atoms with van der Waals surface area (Å²) in [7, 11) is 0. The number of carbonyl (C=O) groups is 1. The van der Waals surface area contributed by atoms with E-state index in [9.17, 15) is 4.79 Å². The van der Waals surface area contributed by atoms with Crippen LogP contribution in [0.2, 0.25) is 10.0 Å². The van der Waals surface area contributed by atoms with Crippen LogP contribution in [0.3, 0.4) is 0 Å². The molecular weight excluding hydrogens is 275 g/mol. The number of nitrogens with one attached hydrogen (secondary N) is 1. The van der Waals surface area contributed by atoms with Crippen molar-refractivity contribution < 1.29 is 9.32 Å². The fourth-order valence-electron chi connectivity index (χ4n) is 1.55. The summed E-state index contributed by atoms with van der Waals surface area (Å²) in [6.07, 6.45) is 0. The van der Waals surface area contributed by atoms with Gasteiger partial charge in [-0.1, -0.05) is 34.4 Å². The minimum Gasteiger partial charge on any atom is -0.359 e. The van der Waals surface area contributed by atoms with E-state index in [1.165, 1.54) is 0 Å². The molecule has 0 atom stereocenters. The van der Waals surface area contributed by atoms with Crippen molar-refractivity contribution in [3.63, 3.8) is 0 Å². The highest BCUT2D eigenvalue weighted by Gasteiger charge is 2.18. The van der Waals surface area contributed by atoms with Crippen molar-refractivity contribution in [3.05, 3.63) is 45.3 Å². The number of hydrogen-bond donors (Lipinski definition) is 1. The summed E-state index contributed by atoms with van der Waals surface area (Å²) in [5.74, 6) is 0.143. The molecule has 6 heteroatoms. The summed E-state index contributed by atoms with van der Waals surface area (Å²) in [4.78, 5) is 12.1. The minimum atomic E-state index is -0.389. The van der Waals surface area contributed by atoms with Gasteiger partial charge < -0.3 is 9.84 Å². The average Bonchev–Trinajstić information content (AvgIpc) is 2.60. The SMILES string of the molecule is Cc1noc(C)c1NC(=O)c1c(Cl)cccc1Cl. The maximum Gasteiger partial charge on any atom is 0.258 e. The van der Waals surface area contributed by atoms with Crippen molar-refractivity contribution in [3.8, 4) is 0 Å². The molecule has 0 aliphatic heterocycles. The maximum atomic E-state index is 12.1. The summed E-state index contributed by atoms with van der Waals surface area (Å²) < 4.78 is 4.96. The van der Waals surface area contributed by atoms with Gasteiger partial charge in [-0.2, -0.15) is 0 Å². The summed E-state index contributed by atoms with van der Waals surface area (Å²) in [6.45, 7) is 3.45. The van der Waals surface area contributed by atoms with Gasteiger partial charge in [0.1, 0.15) is 11.4 Å². The number of hydrogen-bond acceptors (Lipinski definition) is 3. The lowest BCUT2D eigenvalue weighted by molar-refractivity contribution is 0.102. The van der Waals surface area contributed by atoms with E-state index in [0.717, 1.165) is 0 Å². The van der Waals surface area contributed by atoms with Gasteiger partial charge in [-0.3, -0.25) is 4.79 Å². The first kappa shape index (κ1) is 12.9. The van der Waals surface area contributed by atoms with Gasteiger partial charge in [0, 0.05) is 0 Å². The smallest absolute Gasteiger partial charge is 0.258 e. The predicted octanol–water partition coefficient (Wildman–Crippen LogP) is 3.85. The third-order valence-corrected chi connectivity index (χ3v) is 3.09. The Hall–Kier alpha value is -1.52. The first-order chi connectivity index (χ1) is 8.50. The normalized spacial score (nSPS) is 10.4. The van der Waals surface area contributed by atoms with E-state index in [-0.39, 0.29) is 11.5 Å². The Morgan fingerprint density at radius 1 is 1.28 bits per heavy atom. The number of anilines is 1. The van der Waals surface area contributed by atoms with E-state index in [1.54, 1.807) is 32.0 Å². The summed E-state index contributed by atoms with van der Waals surface area (Å²) in [5.41, 5.74) is 1.38. The number of aryl methyl sites for hydroxylation is 2. The zero-order valence-electron chi connectivity index (χ0n) is 9.75. The topological polar surface area (TPSA) is 55.1 Å². The van der Waals surface area contributed by atoms with Crippen molar-refractivity contribution in [2.75, 3.05) is 5.32 Å². The molecule has 0 aliphatic rings. The molecule has 1 amide bonds. The molecule has 4 nitrogen and oxygen atoms in total. The highest BCUT2D eigenvalue weighted by atomic mass is 35.5. The number of rotatable bonds is 2. The number of benzene rings is 1. The molecule has 0 fully saturated rings. The molecule has 1 N–H and O–H groups in total. The van der Waals surface area contributed by atoms with Crippen molar-refractivity contribution in [1.29, 1.82) is 0 Å². The Morgan fingerprint density at radius 2 is 1.89 bits per heavy atom. The predicted molar refractivity (Wildman–Crippen MR) is 70.4 cm³/mol. The van der Waals surface area contributed by atoms with E-state index in [2.05, 4.69) is 10.5 Å². The molecule has 2 rings (SSSR count). The zero-order valence-corrected chi connectivity index (χ0v) is 11.3. The van der Waals surface area contributed by atoms with Crippen LogP contribution in [0.1, 0.15) is 21.8 Å². The first-order valence-electron chi connectivity index (χ1n) is 5.19. The highest BCUT2D eigenvalue weighted by molar-refractivity contribution is 6.40. The Bertz CT molecular complexity index is 568. The Morgan fingerprint density at radius 3 is 2.39 bits per heavy atom. The van der Waals surface area contributed by atoms with Crippen LogP contribution < -0.4 is 5.32 Å². The monoisotopic (exact) mass is 284 g/mol. The molecule has 0 saturated carbocycles. The molecular formula is C12H10Cl2N2O2. The summed E-state index contributed by atoms with van der Waals surface area (Å²) in [6, 6.07) is 4.89. The molecule has 18 heavy (non-hydrogen) atoms. The Balaban J connectivity index is 2.34. The third kappa shape index (κ3) is 2.35. The molecule has 0 bridgehead atoms. The number of aromatic nitrogens is 1. The molecule has 0 aliphatic carbocycles. The zero-order chi connectivity index (χ0) is 13.3. The molecule has 94 valence electrons. The lowest BCUT2D eigenvalue weighted by Crippen LogP contribution is -2.14. The second-order valence-electron chi connectivity index (χ2n) is 3.75. The highest BCUT2D eigenvalue weighted by Crippen LogP contribution is 2.26. The van der Waals surface area contributed by atoms with Gasteiger partial charge in [0.05, 0.1) is 15.6 Å². The summed E-state index contributed by atoms with van der Waals surface area (Å²) in [5, 5.41) is 7.04. The largest absolute Gasteiger partial charge is 0.359 e. The van der Waals surface area contributed by atoms with Crippen LogP contribution in [-0.4, -0.2) is 11.1 Å². The van der Waals surface area contributed by atoms with Crippen LogP contribution in [0.15, 0.2) is 22.7 Å². The van der Waals surface area contributed by atoms with Crippen LogP contribution in [0.5, 0.6) is 0 Å². The van der Waals surface area contributed by atoms with Gasteiger partial charge in [0.25, 0.3) is 5.91 Å². The number of amides is 1. The van der Waals surface area contributed by atoms with Crippen LogP contribution in [-0.2, 0) is 0 Å². The van der Waals surface area contributed by atoms with Crippen LogP contribution in [0.25, 0.3) is 0 Å². The van der Waals surface area contributed by atoms with Crippen molar-refractivity contribution in [1.82, 2.24) is 5.16 Å². The lowest BCUT2D eigenvalue weighted by atomic mass is 10.2. The van der Waals surface area contributed by atoms with Gasteiger partial charge >= 0.3 is 0 Å². The molecule has 0 unspecified atom stereocenters. The summed E-state index contributed by atoms with van der Waals surface area (Å²) >= 11 is 11.9. The second kappa shape index (κ2) is 5.00. The standard InChI is InChI=1S/C12H10Cl2N2O2/c1-6-11(7(2)18-16-6)15-12(17)10-8(13)4-3-5-9(10)14/h3-5H,1-2H3,(H,15,17). The van der Waals surface area contributed by atoms with Crippen molar-refractivity contribution in [2.24, 2.45) is 0 Å². The van der Waals surface area contributed by atoms with Crippen LogP contribution in [0.4, 0.5) is 5.69 Å². The number of nitrogens with zero attached hydrogens (tertiary/aromatic N) is 1. The van der Waals surface area contributed by atoms with Gasteiger partial charge in [0.2, 0.25) is 0 Å². The fourth-order valence-corrected chi connectivity index (χ4v) is 2.12. The van der Waals surface area contributed by atoms with Crippen LogP contribution >= 0.6 is 23.2 Å². The van der Waals surface area contributed by atoms with E-state index in [1.807, 2.05) is 0 Å². The quantitative estimate of drug-likeness (QED) is 0.911. The molecule has 1 aromatic carbocycles. The van der Waals surface area contributed by atoms with Gasteiger partial charge in [0.15, 0.2) is 5.76 Å². The third-order valence-electron chi connectivity index (χ3n) is 2.46. The van der Waals surface area contributed by atoms with Crippen molar-refractivity contribution in [2.45, 2.75) is 13.8 Å². The minimum absolute atomic E-state index is 0.237. The molecule has 2 aromatic rings. The first-order valence-corrected chi connectivity index (χ1v) is 5.94. The molecule has 0 saturated heterocycles. The van der Waals surface area contributed by atoms with E-state index in [0.29, 0.717) is 27.2 Å². The van der Waals surface area contributed by atoms with Gasteiger partial charge in [-0.05, 0) is 26.0 Å². The fraction of sp³-hybridized carbons (Fsp3) is 0.167. The molecule has 0 spiro atoms. The van der Waals surface area contributed by atoms with Gasteiger partial charge in [-0.25, -0.2) is 0 Å². The molecule has 0 radical (unpaired) electrons. The van der Waals surface area contributed by atoms with Crippen molar-refractivity contribution >= 4 is 34.8 Å². The molecule has 1 heterocycles. The number of halogens is 2. The van der Waals surface area contributed by atoms with E-state index < -0.39 is 0 Å². The van der Waals surface area contributed by atoms with Gasteiger partial charge in [-0.15, -0.1) is 0 Å². The second-order valence-corrected chi connectivity index (χ2v) is 4.56.